The van der Waals surface area contributed by atoms with Gasteiger partial charge in [-0.3, -0.25) is 0 Å². The van der Waals surface area contributed by atoms with Gasteiger partial charge in [-0.1, -0.05) is 38.5 Å². The van der Waals surface area contributed by atoms with E-state index in [4.69, 9.17) is 4.98 Å². The second-order valence-electron chi connectivity index (χ2n) is 7.21. The molecule has 1 aromatic rings. The molecule has 2 heterocycles. The first-order valence-electron chi connectivity index (χ1n) is 7.91. The van der Waals surface area contributed by atoms with Crippen LogP contribution in [0.2, 0.25) is 0 Å². The zero-order valence-corrected chi connectivity index (χ0v) is 13.7. The third-order valence-corrected chi connectivity index (χ3v) is 6.13. The number of hydrogen-bond donors (Lipinski definition) is 1. The second-order valence-corrected chi connectivity index (χ2v) is 8.22. The fraction of sp³-hybridized carbons (Fsp3) is 0.812. The van der Waals surface area contributed by atoms with E-state index < -0.39 is 0 Å². The van der Waals surface area contributed by atoms with Crippen LogP contribution in [-0.2, 0) is 6.42 Å². The highest BCUT2D eigenvalue weighted by Crippen LogP contribution is 2.45. The minimum absolute atomic E-state index is 0.174. The summed E-state index contributed by atoms with van der Waals surface area (Å²) in [5, 5.41) is 11.5. The van der Waals surface area contributed by atoms with Crippen molar-refractivity contribution in [1.29, 1.82) is 0 Å². The zero-order chi connectivity index (χ0) is 14.3. The Morgan fingerprint density at radius 1 is 1.35 bits per heavy atom. The molecule has 1 aliphatic heterocycles. The molecule has 0 radical (unpaired) electrons. The Labute approximate surface area is 126 Å². The highest BCUT2D eigenvalue weighted by atomic mass is 32.1. The molecule has 4 heteroatoms. The molecular formula is C16H26N2OS. The number of aliphatic hydroxyl groups excluding tert-OH is 1. The Kier molecular flexibility index (Phi) is 3.80. The lowest BCUT2D eigenvalue weighted by Gasteiger charge is -2.31. The van der Waals surface area contributed by atoms with Gasteiger partial charge in [-0.25, -0.2) is 4.98 Å². The second kappa shape index (κ2) is 5.30. The van der Waals surface area contributed by atoms with Crippen LogP contribution in [0.1, 0.15) is 63.1 Å². The Morgan fingerprint density at radius 3 is 2.70 bits per heavy atom. The fourth-order valence-corrected chi connectivity index (χ4v) is 4.67. The van der Waals surface area contributed by atoms with Crippen LogP contribution >= 0.6 is 11.3 Å². The average molecular weight is 294 g/mol. The molecule has 0 bridgehead atoms. The lowest BCUT2D eigenvalue weighted by molar-refractivity contribution is 0.102. The summed E-state index contributed by atoms with van der Waals surface area (Å²) < 4.78 is 0. The van der Waals surface area contributed by atoms with Gasteiger partial charge in [0.15, 0.2) is 5.13 Å². The minimum atomic E-state index is -0.312. The monoisotopic (exact) mass is 294 g/mol. The van der Waals surface area contributed by atoms with Gasteiger partial charge < -0.3 is 10.0 Å². The molecule has 0 aromatic carbocycles. The van der Waals surface area contributed by atoms with Gasteiger partial charge in [0.05, 0.1) is 16.7 Å². The lowest BCUT2D eigenvalue weighted by atomic mass is 9.77. The maximum absolute atomic E-state index is 10.3. The molecule has 1 fully saturated rings. The molecule has 0 spiro atoms. The number of aromatic nitrogens is 1. The van der Waals surface area contributed by atoms with Gasteiger partial charge in [0.2, 0.25) is 0 Å². The molecule has 1 saturated heterocycles. The molecule has 1 aromatic heterocycles. The largest absolute Gasteiger partial charge is 0.387 e. The summed E-state index contributed by atoms with van der Waals surface area (Å²) >= 11 is 1.72. The maximum Gasteiger partial charge on any atom is 0.185 e. The number of anilines is 1. The standard InChI is InChI=1S/C16H26N2OS/c1-4-11-5-7-18(8-6-11)15-17-12-9-16(2,3)10-13(19)14(12)20-15/h11,13,19H,4-10H2,1-3H3. The molecule has 112 valence electrons. The molecule has 3 rings (SSSR count). The summed E-state index contributed by atoms with van der Waals surface area (Å²) in [6, 6.07) is 0. The Bertz CT molecular complexity index is 475. The van der Waals surface area contributed by atoms with Crippen molar-refractivity contribution in [3.05, 3.63) is 10.6 Å². The molecule has 1 N–H and O–H groups in total. The van der Waals surface area contributed by atoms with E-state index in [2.05, 4.69) is 25.7 Å². The normalized spacial score (nSPS) is 26.6. The quantitative estimate of drug-likeness (QED) is 0.902. The van der Waals surface area contributed by atoms with Crippen LogP contribution < -0.4 is 4.90 Å². The van der Waals surface area contributed by atoms with Crippen molar-refractivity contribution in [2.24, 2.45) is 11.3 Å². The summed E-state index contributed by atoms with van der Waals surface area (Å²) in [4.78, 5) is 8.40. The average Bonchev–Trinajstić information content (AvgIpc) is 2.81. The summed E-state index contributed by atoms with van der Waals surface area (Å²) in [6.45, 7) is 9.01. The Balaban J connectivity index is 1.77. The molecule has 1 aliphatic carbocycles. The Morgan fingerprint density at radius 2 is 2.05 bits per heavy atom. The first-order valence-corrected chi connectivity index (χ1v) is 8.73. The number of piperidine rings is 1. The van der Waals surface area contributed by atoms with Gasteiger partial charge in [0.25, 0.3) is 0 Å². The van der Waals surface area contributed by atoms with Crippen molar-refractivity contribution in [1.82, 2.24) is 4.98 Å². The molecule has 0 saturated carbocycles. The first-order chi connectivity index (χ1) is 9.48. The van der Waals surface area contributed by atoms with Gasteiger partial charge in [-0.05, 0) is 37.0 Å². The number of hydrogen-bond acceptors (Lipinski definition) is 4. The summed E-state index contributed by atoms with van der Waals surface area (Å²) in [6.07, 6.45) is 5.42. The van der Waals surface area contributed by atoms with Crippen molar-refractivity contribution in [2.75, 3.05) is 18.0 Å². The van der Waals surface area contributed by atoms with E-state index in [-0.39, 0.29) is 11.5 Å². The van der Waals surface area contributed by atoms with E-state index >= 15 is 0 Å². The molecule has 20 heavy (non-hydrogen) atoms. The van der Waals surface area contributed by atoms with Gasteiger partial charge in [0.1, 0.15) is 0 Å². The van der Waals surface area contributed by atoms with Crippen LogP contribution in [-0.4, -0.2) is 23.2 Å². The van der Waals surface area contributed by atoms with Crippen LogP contribution in [0.25, 0.3) is 0 Å². The van der Waals surface area contributed by atoms with E-state index in [1.54, 1.807) is 11.3 Å². The number of rotatable bonds is 2. The number of thiazole rings is 1. The fourth-order valence-electron chi connectivity index (χ4n) is 3.55. The van der Waals surface area contributed by atoms with Gasteiger partial charge in [0, 0.05) is 13.1 Å². The molecule has 1 unspecified atom stereocenters. The Hall–Kier alpha value is -0.610. The van der Waals surface area contributed by atoms with E-state index in [9.17, 15) is 5.11 Å². The maximum atomic E-state index is 10.3. The summed E-state index contributed by atoms with van der Waals surface area (Å²) in [7, 11) is 0. The van der Waals surface area contributed by atoms with Crippen molar-refractivity contribution in [3.63, 3.8) is 0 Å². The smallest absolute Gasteiger partial charge is 0.185 e. The van der Waals surface area contributed by atoms with Gasteiger partial charge >= 0.3 is 0 Å². The minimum Gasteiger partial charge on any atom is -0.387 e. The van der Waals surface area contributed by atoms with Crippen molar-refractivity contribution < 1.29 is 5.11 Å². The van der Waals surface area contributed by atoms with Crippen molar-refractivity contribution in [3.8, 4) is 0 Å². The lowest BCUT2D eigenvalue weighted by Crippen LogP contribution is -2.33. The van der Waals surface area contributed by atoms with Crippen molar-refractivity contribution >= 4 is 16.5 Å². The third-order valence-electron chi connectivity index (χ3n) is 4.87. The highest BCUT2D eigenvalue weighted by Gasteiger charge is 2.35. The van der Waals surface area contributed by atoms with Crippen LogP contribution in [0.15, 0.2) is 0 Å². The van der Waals surface area contributed by atoms with E-state index in [0.29, 0.717) is 0 Å². The molecule has 2 aliphatic rings. The van der Waals surface area contributed by atoms with Gasteiger partial charge in [-0.15, -0.1) is 0 Å². The highest BCUT2D eigenvalue weighted by molar-refractivity contribution is 7.15. The van der Waals surface area contributed by atoms with E-state index in [0.717, 1.165) is 47.6 Å². The van der Waals surface area contributed by atoms with E-state index in [1.165, 1.54) is 19.3 Å². The van der Waals surface area contributed by atoms with Crippen LogP contribution in [0.5, 0.6) is 0 Å². The third kappa shape index (κ3) is 2.73. The van der Waals surface area contributed by atoms with Crippen LogP contribution in [0.4, 0.5) is 5.13 Å². The molecule has 1 atom stereocenters. The van der Waals surface area contributed by atoms with Gasteiger partial charge in [-0.2, -0.15) is 0 Å². The van der Waals surface area contributed by atoms with Crippen LogP contribution in [0.3, 0.4) is 0 Å². The molecule has 0 amide bonds. The summed E-state index contributed by atoms with van der Waals surface area (Å²) in [5.41, 5.74) is 1.32. The predicted octanol–water partition coefficient (Wildman–Crippen LogP) is 3.78. The SMILES string of the molecule is CCC1CCN(c2nc3c(s2)C(O)CC(C)(C)C3)CC1. The molecular weight excluding hydrogens is 268 g/mol. The predicted molar refractivity (Wildman–Crippen MR) is 84.4 cm³/mol. The first kappa shape index (κ1) is 14.3. The zero-order valence-electron chi connectivity index (χ0n) is 12.9. The van der Waals surface area contributed by atoms with E-state index in [1.807, 2.05) is 0 Å². The molecule has 3 nitrogen and oxygen atoms in total. The summed E-state index contributed by atoms with van der Waals surface area (Å²) in [5.74, 6) is 0.894. The van der Waals surface area contributed by atoms with Crippen LogP contribution in [0, 0.1) is 11.3 Å². The number of fused-ring (bicyclic) bond motifs is 1. The number of aliphatic hydroxyl groups is 1. The topological polar surface area (TPSA) is 36.4 Å². The van der Waals surface area contributed by atoms with Crippen molar-refractivity contribution in [2.45, 2.75) is 59.0 Å². The number of nitrogens with zero attached hydrogens (tertiary/aromatic N) is 2.